The van der Waals surface area contributed by atoms with Crippen LogP contribution in [0, 0.1) is 17.8 Å². The van der Waals surface area contributed by atoms with Crippen LogP contribution in [-0.2, 0) is 23.9 Å². The highest BCUT2D eigenvalue weighted by Crippen LogP contribution is 2.65. The monoisotopic (exact) mass is 322 g/mol. The van der Waals surface area contributed by atoms with E-state index in [1.807, 2.05) is 6.92 Å². The Balaban J connectivity index is 1.48. The molecule has 2 aliphatic heterocycles. The van der Waals surface area contributed by atoms with Crippen LogP contribution in [0.4, 0.5) is 0 Å². The molecule has 2 amide bonds. The number of piperidine rings is 1. The van der Waals surface area contributed by atoms with Crippen molar-refractivity contribution in [1.29, 1.82) is 0 Å². The Morgan fingerprint density at radius 3 is 2.78 bits per heavy atom. The summed E-state index contributed by atoms with van der Waals surface area (Å²) in [5, 5.41) is 2.89. The summed E-state index contributed by atoms with van der Waals surface area (Å²) in [6, 6.07) is -0.622. The Hall–Kier alpha value is -1.63. The third kappa shape index (κ3) is 2.16. The van der Waals surface area contributed by atoms with Gasteiger partial charge in [-0.1, -0.05) is 0 Å². The smallest absolute Gasteiger partial charge is 0.310 e. The topological polar surface area (TPSA) is 84.9 Å². The largest absolute Gasteiger partial charge is 0.433 e. The second kappa shape index (κ2) is 5.19. The van der Waals surface area contributed by atoms with Crippen LogP contribution in [0.5, 0.6) is 0 Å². The molecule has 4 rings (SSSR count). The first-order valence-electron chi connectivity index (χ1n) is 8.43. The summed E-state index contributed by atoms with van der Waals surface area (Å²) < 4.78 is 10.5. The Bertz CT molecular complexity index is 565. The highest BCUT2D eigenvalue weighted by atomic mass is 16.7. The second-order valence-corrected chi connectivity index (χ2v) is 6.98. The van der Waals surface area contributed by atoms with Crippen molar-refractivity contribution in [1.82, 2.24) is 10.2 Å². The van der Waals surface area contributed by atoms with Gasteiger partial charge in [0.05, 0.1) is 6.42 Å². The number of carbonyl (C=O) groups excluding carboxylic acids is 3. The van der Waals surface area contributed by atoms with Gasteiger partial charge in [0.25, 0.3) is 0 Å². The molecule has 0 aromatic carbocycles. The van der Waals surface area contributed by atoms with Crippen molar-refractivity contribution in [3.05, 3.63) is 0 Å². The summed E-state index contributed by atoms with van der Waals surface area (Å²) in [6.45, 7) is 3.75. The van der Waals surface area contributed by atoms with Gasteiger partial charge in [0.1, 0.15) is 12.1 Å². The van der Waals surface area contributed by atoms with Crippen LogP contribution >= 0.6 is 0 Å². The van der Waals surface area contributed by atoms with E-state index in [0.29, 0.717) is 18.4 Å². The van der Waals surface area contributed by atoms with E-state index < -0.39 is 18.4 Å². The maximum absolute atomic E-state index is 12.8. The lowest BCUT2D eigenvalue weighted by Crippen LogP contribution is -2.53. The maximum atomic E-state index is 12.8. The molecule has 2 aliphatic carbocycles. The van der Waals surface area contributed by atoms with Crippen LogP contribution in [0.25, 0.3) is 0 Å². The maximum Gasteiger partial charge on any atom is 0.310 e. The van der Waals surface area contributed by atoms with E-state index in [9.17, 15) is 14.4 Å². The zero-order chi connectivity index (χ0) is 16.3. The fourth-order valence-electron chi connectivity index (χ4n) is 5.01. The summed E-state index contributed by atoms with van der Waals surface area (Å²) in [7, 11) is 0. The molecule has 0 spiro atoms. The first-order chi connectivity index (χ1) is 11.0. The minimum atomic E-state index is -0.727. The molecule has 1 N–H and O–H groups in total. The molecule has 23 heavy (non-hydrogen) atoms. The van der Waals surface area contributed by atoms with Crippen molar-refractivity contribution < 1.29 is 23.9 Å². The van der Waals surface area contributed by atoms with Gasteiger partial charge < -0.3 is 19.7 Å². The van der Waals surface area contributed by atoms with Crippen molar-refractivity contribution >= 4 is 17.8 Å². The Labute approximate surface area is 134 Å². The number of hydrogen-bond acceptors (Lipinski definition) is 5. The number of hydrogen-bond donors (Lipinski definition) is 1. The number of rotatable bonds is 4. The zero-order valence-corrected chi connectivity index (χ0v) is 13.4. The van der Waals surface area contributed by atoms with Gasteiger partial charge in [-0.05, 0) is 37.5 Å². The zero-order valence-electron chi connectivity index (χ0n) is 13.4. The fraction of sp³-hybridized carbons (Fsp3) is 0.812. The summed E-state index contributed by atoms with van der Waals surface area (Å²) >= 11 is 0. The van der Waals surface area contributed by atoms with Crippen molar-refractivity contribution in [2.45, 2.75) is 57.5 Å². The summed E-state index contributed by atoms with van der Waals surface area (Å²) in [5.41, 5.74) is 0. The van der Waals surface area contributed by atoms with Crippen molar-refractivity contribution in [2.75, 3.05) is 6.61 Å². The number of nitrogens with one attached hydrogen (secondary N) is 1. The lowest BCUT2D eigenvalue weighted by atomic mass is 9.96. The van der Waals surface area contributed by atoms with Crippen LogP contribution in [0.15, 0.2) is 0 Å². The first-order valence-corrected chi connectivity index (χ1v) is 8.43. The van der Waals surface area contributed by atoms with Gasteiger partial charge in [-0.25, -0.2) is 0 Å². The lowest BCUT2D eigenvalue weighted by Gasteiger charge is -2.30. The van der Waals surface area contributed by atoms with E-state index in [2.05, 4.69) is 5.32 Å². The van der Waals surface area contributed by atoms with Crippen LogP contribution < -0.4 is 5.32 Å². The number of carbonyl (C=O) groups is 3. The number of ether oxygens (including phenoxy) is 2. The quantitative estimate of drug-likeness (QED) is 0.739. The molecule has 4 aliphatic rings. The average molecular weight is 322 g/mol. The molecule has 7 heteroatoms. The molecule has 4 fully saturated rings. The van der Waals surface area contributed by atoms with Crippen molar-refractivity contribution in [3.63, 3.8) is 0 Å². The normalized spacial score (nSPS) is 43.3. The van der Waals surface area contributed by atoms with Gasteiger partial charge in [0.15, 0.2) is 0 Å². The molecule has 2 saturated heterocycles. The van der Waals surface area contributed by atoms with Gasteiger partial charge in [-0.3, -0.25) is 14.4 Å². The van der Waals surface area contributed by atoms with Gasteiger partial charge in [0, 0.05) is 19.6 Å². The van der Waals surface area contributed by atoms with Gasteiger partial charge >= 0.3 is 5.97 Å². The predicted molar refractivity (Wildman–Crippen MR) is 77.9 cm³/mol. The molecule has 2 heterocycles. The fourth-order valence-corrected chi connectivity index (χ4v) is 5.01. The molecule has 0 radical (unpaired) electrons. The van der Waals surface area contributed by atoms with Crippen molar-refractivity contribution in [3.8, 4) is 0 Å². The van der Waals surface area contributed by atoms with Gasteiger partial charge in [0.2, 0.25) is 18.1 Å². The third-order valence-corrected chi connectivity index (χ3v) is 5.79. The van der Waals surface area contributed by atoms with Crippen LogP contribution in [0.3, 0.4) is 0 Å². The number of nitrogens with zero attached hydrogens (tertiary/aromatic N) is 1. The number of cyclic esters (lactones) is 1. The molecule has 0 aromatic rings. The number of esters is 1. The number of amides is 2. The Kier molecular flexibility index (Phi) is 3.37. The molecule has 126 valence electrons. The van der Waals surface area contributed by atoms with E-state index >= 15 is 0 Å². The van der Waals surface area contributed by atoms with Gasteiger partial charge in [-0.2, -0.15) is 0 Å². The lowest BCUT2D eigenvalue weighted by molar-refractivity contribution is -0.164. The minimum absolute atomic E-state index is 0.0350. The predicted octanol–water partition coefficient (Wildman–Crippen LogP) is 0.0360. The first kappa shape index (κ1) is 14.9. The Morgan fingerprint density at radius 2 is 2.09 bits per heavy atom. The van der Waals surface area contributed by atoms with E-state index in [4.69, 9.17) is 9.47 Å². The minimum Gasteiger partial charge on any atom is -0.433 e. The molecular weight excluding hydrogens is 300 g/mol. The number of fused-ring (bicyclic) bond motifs is 1. The van der Waals surface area contributed by atoms with E-state index in [1.54, 1.807) is 4.90 Å². The molecule has 0 aromatic heterocycles. The molecule has 7 nitrogen and oxygen atoms in total. The average Bonchev–Trinajstić information content (AvgIpc) is 2.76. The van der Waals surface area contributed by atoms with Crippen LogP contribution in [0.2, 0.25) is 0 Å². The SMILES string of the molecule is CCO[C@H]1OC(=O)CC1NC(=O)C1C2CCC3C2C3N1C(C)=O. The van der Waals surface area contributed by atoms with E-state index in [1.165, 1.54) is 6.92 Å². The molecule has 6 unspecified atom stereocenters. The molecule has 0 bridgehead atoms. The van der Waals surface area contributed by atoms with E-state index in [-0.39, 0.29) is 36.2 Å². The standard InChI is InChI=1S/C16H22N2O5/c1-3-22-16-10(6-11(20)23-16)17-15(21)14-9-5-4-8-12(9)13(8)18(14)7(2)19/h8-10,12-14,16H,3-6H2,1-2H3,(H,17,21)/t8?,9?,10?,12?,13?,14?,16-/m0/s1. The number of likely N-dealkylation sites (tertiary alicyclic amines) is 1. The third-order valence-electron chi connectivity index (χ3n) is 5.79. The summed E-state index contributed by atoms with van der Waals surface area (Å²) in [4.78, 5) is 38.1. The Morgan fingerprint density at radius 1 is 1.35 bits per heavy atom. The molecule has 7 atom stereocenters. The van der Waals surface area contributed by atoms with Gasteiger partial charge in [-0.15, -0.1) is 0 Å². The van der Waals surface area contributed by atoms with E-state index in [0.717, 1.165) is 12.8 Å². The molecule has 2 saturated carbocycles. The highest BCUT2D eigenvalue weighted by molar-refractivity contribution is 5.90. The van der Waals surface area contributed by atoms with Crippen LogP contribution in [-0.4, -0.2) is 53.7 Å². The van der Waals surface area contributed by atoms with Crippen LogP contribution in [0.1, 0.15) is 33.1 Å². The molecular formula is C16H22N2O5. The summed E-state index contributed by atoms with van der Waals surface area (Å²) in [5.74, 6) is 0.780. The van der Waals surface area contributed by atoms with Crippen molar-refractivity contribution in [2.24, 2.45) is 17.8 Å². The second-order valence-electron chi connectivity index (χ2n) is 6.98. The highest BCUT2D eigenvalue weighted by Gasteiger charge is 2.71. The summed E-state index contributed by atoms with van der Waals surface area (Å²) in [6.07, 6.45) is 1.50.